The van der Waals surface area contributed by atoms with Crippen LogP contribution in [0.2, 0.25) is 5.02 Å². The van der Waals surface area contributed by atoms with Crippen LogP contribution in [0.4, 0.5) is 14.5 Å². The Bertz CT molecular complexity index is 1460. The van der Waals surface area contributed by atoms with E-state index >= 15 is 0 Å². The number of benzene rings is 2. The van der Waals surface area contributed by atoms with E-state index in [-0.39, 0.29) is 39.8 Å². The molecule has 0 aliphatic heterocycles. The van der Waals surface area contributed by atoms with E-state index in [1.165, 1.54) is 30.6 Å². The number of halogens is 3. The second-order valence-corrected chi connectivity index (χ2v) is 12.0. The molecule has 194 valence electrons. The molecule has 8 nitrogen and oxygen atoms in total. The molecule has 1 aromatic heterocycles. The van der Waals surface area contributed by atoms with Gasteiger partial charge < -0.3 is 15.5 Å². The lowest BCUT2D eigenvalue weighted by atomic mass is 9.51. The summed E-state index contributed by atoms with van der Waals surface area (Å²) in [6.07, 6.45) is 2.27. The lowest BCUT2D eigenvalue weighted by molar-refractivity contribution is -0.235. The Morgan fingerprint density at radius 2 is 1.73 bits per heavy atom. The largest absolute Gasteiger partial charge is 0.386 e. The van der Waals surface area contributed by atoms with Crippen molar-refractivity contribution >= 4 is 33.0 Å². The Labute approximate surface area is 216 Å². The molecule has 3 unspecified atom stereocenters. The first-order valence-electron chi connectivity index (χ1n) is 11.5. The van der Waals surface area contributed by atoms with Crippen molar-refractivity contribution < 1.29 is 32.2 Å². The predicted molar refractivity (Wildman–Crippen MR) is 130 cm³/mol. The fraction of sp³-hybridized carbons (Fsp3) is 0.320. The monoisotopic (exact) mass is 549 g/mol. The van der Waals surface area contributed by atoms with E-state index in [2.05, 4.69) is 15.3 Å². The molecule has 37 heavy (non-hydrogen) atoms. The number of nitrogens with one attached hydrogen (secondary N) is 1. The highest BCUT2D eigenvalue weighted by atomic mass is 35.5. The van der Waals surface area contributed by atoms with Gasteiger partial charge in [0.15, 0.2) is 27.3 Å². The number of anilines is 1. The van der Waals surface area contributed by atoms with Crippen molar-refractivity contribution in [2.24, 2.45) is 11.8 Å². The van der Waals surface area contributed by atoms with Crippen LogP contribution in [-0.2, 0) is 9.84 Å². The van der Waals surface area contributed by atoms with Gasteiger partial charge in [-0.3, -0.25) is 4.79 Å². The maximum absolute atomic E-state index is 13.6. The maximum Gasteiger partial charge on any atom is 0.255 e. The van der Waals surface area contributed by atoms with Gasteiger partial charge in [-0.05, 0) is 67.5 Å². The number of aromatic nitrogens is 2. The Balaban J connectivity index is 1.36. The predicted octanol–water partition coefficient (Wildman–Crippen LogP) is 3.70. The zero-order chi connectivity index (χ0) is 26.5. The van der Waals surface area contributed by atoms with E-state index in [9.17, 15) is 32.2 Å². The first-order valence-corrected chi connectivity index (χ1v) is 13.4. The minimum absolute atomic E-state index is 0.00383. The van der Waals surface area contributed by atoms with Crippen LogP contribution in [-0.4, -0.2) is 45.4 Å². The number of rotatable bonds is 6. The second-order valence-electron chi connectivity index (χ2n) is 9.39. The molecule has 2 bridgehead atoms. The summed E-state index contributed by atoms with van der Waals surface area (Å²) in [4.78, 5) is 20.5. The quantitative estimate of drug-likeness (QED) is 0.427. The molecule has 3 N–H and O–H groups in total. The third-order valence-corrected chi connectivity index (χ3v) is 10.0. The summed E-state index contributed by atoms with van der Waals surface area (Å²) in [6.45, 7) is 0. The van der Waals surface area contributed by atoms with Crippen molar-refractivity contribution in [2.45, 2.75) is 41.1 Å². The Morgan fingerprint density at radius 3 is 2.38 bits per heavy atom. The number of carbonyl (C=O) groups excluding carboxylic acids is 1. The van der Waals surface area contributed by atoms with Gasteiger partial charge >= 0.3 is 0 Å². The molecule has 0 radical (unpaired) electrons. The highest BCUT2D eigenvalue weighted by molar-refractivity contribution is 7.92. The van der Waals surface area contributed by atoms with Crippen LogP contribution in [0.3, 0.4) is 0 Å². The molecule has 0 saturated heterocycles. The number of amides is 1. The van der Waals surface area contributed by atoms with Gasteiger partial charge in [-0.25, -0.2) is 27.2 Å². The summed E-state index contributed by atoms with van der Waals surface area (Å²) < 4.78 is 53.8. The molecule has 3 aliphatic rings. The Kier molecular flexibility index (Phi) is 6.51. The fourth-order valence-corrected chi connectivity index (χ4v) is 7.77. The lowest BCUT2D eigenvalue weighted by Gasteiger charge is -2.59. The third kappa shape index (κ3) is 4.39. The lowest BCUT2D eigenvalue weighted by Crippen LogP contribution is -2.64. The SMILES string of the molecule is O=C(Nc1ccc(F)c(F)c1)c1ccc(Cl)c(S(=O)(=O)C2CC3CC(C2)C3(O)C(O)c2ncccn2)c1. The molecule has 3 aromatic rings. The minimum atomic E-state index is -4.02. The normalized spacial score (nSPS) is 25.7. The topological polar surface area (TPSA) is 129 Å². The van der Waals surface area contributed by atoms with Gasteiger partial charge in [-0.15, -0.1) is 0 Å². The Hall–Kier alpha value is -2.99. The summed E-state index contributed by atoms with van der Waals surface area (Å²) >= 11 is 6.23. The summed E-state index contributed by atoms with van der Waals surface area (Å²) in [5.41, 5.74) is -1.58. The zero-order valence-corrected chi connectivity index (χ0v) is 20.8. The highest BCUT2D eigenvalue weighted by Gasteiger charge is 2.64. The molecule has 2 aromatic carbocycles. The third-order valence-electron chi connectivity index (χ3n) is 7.36. The number of hydrogen-bond acceptors (Lipinski definition) is 7. The van der Waals surface area contributed by atoms with Crippen LogP contribution in [0, 0.1) is 23.5 Å². The zero-order valence-electron chi connectivity index (χ0n) is 19.2. The van der Waals surface area contributed by atoms with Crippen molar-refractivity contribution in [1.82, 2.24) is 9.97 Å². The molecule has 3 atom stereocenters. The average Bonchev–Trinajstić information content (AvgIpc) is 2.90. The van der Waals surface area contributed by atoms with Gasteiger partial charge in [-0.2, -0.15) is 0 Å². The molecular weight excluding hydrogens is 528 g/mol. The number of nitrogens with zero attached hydrogens (tertiary/aromatic N) is 2. The maximum atomic E-state index is 13.6. The number of fused-ring (bicyclic) bond motifs is 2. The van der Waals surface area contributed by atoms with E-state index < -0.39 is 56.2 Å². The van der Waals surface area contributed by atoms with Crippen molar-refractivity contribution in [1.29, 1.82) is 0 Å². The smallest absolute Gasteiger partial charge is 0.255 e. The molecule has 6 rings (SSSR count). The van der Waals surface area contributed by atoms with Gasteiger partial charge in [0.25, 0.3) is 5.91 Å². The summed E-state index contributed by atoms with van der Waals surface area (Å²) in [7, 11) is -4.02. The average molecular weight is 550 g/mol. The van der Waals surface area contributed by atoms with Crippen LogP contribution in [0.25, 0.3) is 0 Å². The summed E-state index contributed by atoms with van der Waals surface area (Å²) in [6, 6.07) is 8.18. The molecule has 1 heterocycles. The fourth-order valence-electron chi connectivity index (χ4n) is 5.37. The molecule has 0 spiro atoms. The Morgan fingerprint density at radius 1 is 1.05 bits per heavy atom. The number of aliphatic hydroxyl groups excluding tert-OH is 1. The standard InChI is InChI=1S/C25H22ClF2N3O5S/c26-18-4-2-13(24(33)31-16-3-5-19(27)20(28)12-16)8-21(18)37(35,36)17-10-14-9-15(11-17)25(14,34)22(32)23-29-6-1-7-30-23/h1-8,12,14-15,17,22,32,34H,9-11H2,(H,31,33). The van der Waals surface area contributed by atoms with Crippen molar-refractivity contribution in [3.8, 4) is 0 Å². The molecule has 1 amide bonds. The first-order chi connectivity index (χ1) is 17.5. The molecular formula is C25H22ClF2N3O5S. The number of hydrogen-bond donors (Lipinski definition) is 3. The van der Waals surface area contributed by atoms with Gasteiger partial charge in [0, 0.05) is 29.7 Å². The molecule has 3 fully saturated rings. The van der Waals surface area contributed by atoms with Gasteiger partial charge in [-0.1, -0.05) is 11.6 Å². The van der Waals surface area contributed by atoms with Crippen molar-refractivity contribution in [3.05, 3.63) is 82.9 Å². The van der Waals surface area contributed by atoms with Gasteiger partial charge in [0.05, 0.1) is 15.2 Å². The first kappa shape index (κ1) is 25.7. The van der Waals surface area contributed by atoms with E-state index in [0.29, 0.717) is 6.42 Å². The second kappa shape index (κ2) is 9.39. The molecule has 3 aliphatic carbocycles. The number of carbonyl (C=O) groups is 1. The van der Waals surface area contributed by atoms with Crippen LogP contribution < -0.4 is 5.32 Å². The van der Waals surface area contributed by atoms with Crippen molar-refractivity contribution in [3.63, 3.8) is 0 Å². The minimum Gasteiger partial charge on any atom is -0.386 e. The van der Waals surface area contributed by atoms with Crippen LogP contribution in [0.5, 0.6) is 0 Å². The van der Waals surface area contributed by atoms with Gasteiger partial charge in [0.2, 0.25) is 0 Å². The molecule has 3 saturated carbocycles. The van der Waals surface area contributed by atoms with E-state index in [1.807, 2.05) is 0 Å². The van der Waals surface area contributed by atoms with Crippen LogP contribution in [0.15, 0.2) is 59.8 Å². The van der Waals surface area contributed by atoms with Gasteiger partial charge in [0.1, 0.15) is 11.7 Å². The van der Waals surface area contributed by atoms with E-state index in [0.717, 1.165) is 18.2 Å². The summed E-state index contributed by atoms with van der Waals surface area (Å²) in [5.74, 6) is -3.86. The molecule has 12 heteroatoms. The number of sulfone groups is 1. The number of aliphatic hydroxyl groups is 2. The van der Waals surface area contributed by atoms with Crippen LogP contribution in [0.1, 0.15) is 41.5 Å². The van der Waals surface area contributed by atoms with E-state index in [1.54, 1.807) is 6.07 Å². The van der Waals surface area contributed by atoms with Crippen LogP contribution >= 0.6 is 11.6 Å². The summed E-state index contributed by atoms with van der Waals surface area (Å²) in [5, 5.41) is 23.5. The highest BCUT2D eigenvalue weighted by Crippen LogP contribution is 2.59. The van der Waals surface area contributed by atoms with E-state index in [4.69, 9.17) is 11.6 Å². The van der Waals surface area contributed by atoms with Crippen molar-refractivity contribution in [2.75, 3.05) is 5.32 Å².